The number of hydrogen-bond acceptors (Lipinski definition) is 7. The normalized spacial score (nSPS) is 20.0. The van der Waals surface area contributed by atoms with E-state index < -0.39 is 9.84 Å². The number of rotatable bonds is 7. The van der Waals surface area contributed by atoms with Crippen LogP contribution in [0.3, 0.4) is 0 Å². The summed E-state index contributed by atoms with van der Waals surface area (Å²) in [5, 5.41) is 3.23. The van der Waals surface area contributed by atoms with E-state index in [1.54, 1.807) is 0 Å². The van der Waals surface area contributed by atoms with Crippen LogP contribution in [0.15, 0.2) is 6.07 Å². The molecule has 1 unspecified atom stereocenters. The predicted octanol–water partition coefficient (Wildman–Crippen LogP) is 0.772. The highest BCUT2D eigenvalue weighted by Gasteiger charge is 2.32. The lowest BCUT2D eigenvalue weighted by Crippen LogP contribution is -2.37. The molecule has 23 heavy (non-hydrogen) atoms. The van der Waals surface area contributed by atoms with Gasteiger partial charge in [0.15, 0.2) is 9.84 Å². The third-order valence-corrected chi connectivity index (χ3v) is 5.72. The minimum absolute atomic E-state index is 0.00826. The SMILES string of the molecule is CCN(c1cc(C)nc(NCCN(C)C)n1)C1CCS(=O)(=O)C1. The molecule has 8 heteroatoms. The Morgan fingerprint density at radius 1 is 1.35 bits per heavy atom. The maximum atomic E-state index is 11.8. The van der Waals surface area contributed by atoms with Crippen LogP contribution >= 0.6 is 0 Å². The summed E-state index contributed by atoms with van der Waals surface area (Å²) >= 11 is 0. The average Bonchev–Trinajstić information content (AvgIpc) is 2.79. The van der Waals surface area contributed by atoms with Crippen LogP contribution in [0.1, 0.15) is 19.0 Å². The smallest absolute Gasteiger partial charge is 0.224 e. The van der Waals surface area contributed by atoms with Crippen LogP contribution in [0, 0.1) is 6.92 Å². The molecule has 0 spiro atoms. The largest absolute Gasteiger partial charge is 0.353 e. The van der Waals surface area contributed by atoms with Crippen molar-refractivity contribution in [3.05, 3.63) is 11.8 Å². The van der Waals surface area contributed by atoms with Crippen LogP contribution in [0.2, 0.25) is 0 Å². The summed E-state index contributed by atoms with van der Waals surface area (Å²) in [4.78, 5) is 13.2. The van der Waals surface area contributed by atoms with Gasteiger partial charge in [0.25, 0.3) is 0 Å². The maximum absolute atomic E-state index is 11.8. The Kier molecular flexibility index (Phi) is 5.80. The zero-order chi connectivity index (χ0) is 17.0. The topological polar surface area (TPSA) is 78.4 Å². The van der Waals surface area contributed by atoms with E-state index in [4.69, 9.17) is 0 Å². The van der Waals surface area contributed by atoms with E-state index in [-0.39, 0.29) is 17.5 Å². The fourth-order valence-electron chi connectivity index (χ4n) is 2.80. The van der Waals surface area contributed by atoms with Crippen molar-refractivity contribution in [2.45, 2.75) is 26.3 Å². The number of aromatic nitrogens is 2. The van der Waals surface area contributed by atoms with E-state index in [0.29, 0.717) is 12.4 Å². The second-order valence-corrected chi connectivity index (χ2v) is 8.49. The van der Waals surface area contributed by atoms with Gasteiger partial charge in [-0.05, 0) is 34.4 Å². The minimum atomic E-state index is -2.91. The lowest BCUT2D eigenvalue weighted by molar-refractivity contribution is 0.425. The van der Waals surface area contributed by atoms with Crippen molar-refractivity contribution >= 4 is 21.6 Å². The molecule has 1 aliphatic heterocycles. The molecule has 0 amide bonds. The van der Waals surface area contributed by atoms with Gasteiger partial charge in [0, 0.05) is 37.4 Å². The molecule has 130 valence electrons. The van der Waals surface area contributed by atoms with Crippen LogP contribution in [-0.4, -0.2) is 74.6 Å². The number of hydrogen-bond donors (Lipinski definition) is 1. The third-order valence-electron chi connectivity index (χ3n) is 3.97. The van der Waals surface area contributed by atoms with Crippen molar-refractivity contribution in [1.29, 1.82) is 0 Å². The minimum Gasteiger partial charge on any atom is -0.353 e. The summed E-state index contributed by atoms with van der Waals surface area (Å²) in [5.41, 5.74) is 0.877. The van der Waals surface area contributed by atoms with Crippen molar-refractivity contribution in [3.8, 4) is 0 Å². The van der Waals surface area contributed by atoms with Crippen LogP contribution in [0.25, 0.3) is 0 Å². The molecular weight excluding hydrogens is 314 g/mol. The van der Waals surface area contributed by atoms with E-state index in [1.165, 1.54) is 0 Å². The molecule has 1 atom stereocenters. The van der Waals surface area contributed by atoms with Gasteiger partial charge in [0.05, 0.1) is 11.5 Å². The maximum Gasteiger partial charge on any atom is 0.224 e. The van der Waals surface area contributed by atoms with Gasteiger partial charge in [-0.3, -0.25) is 0 Å². The predicted molar refractivity (Wildman–Crippen MR) is 93.9 cm³/mol. The van der Waals surface area contributed by atoms with E-state index in [9.17, 15) is 8.42 Å². The van der Waals surface area contributed by atoms with Crippen LogP contribution < -0.4 is 10.2 Å². The highest BCUT2D eigenvalue weighted by molar-refractivity contribution is 7.91. The highest BCUT2D eigenvalue weighted by Crippen LogP contribution is 2.24. The summed E-state index contributed by atoms with van der Waals surface area (Å²) < 4.78 is 23.5. The molecule has 7 nitrogen and oxygen atoms in total. The number of nitrogens with zero attached hydrogens (tertiary/aromatic N) is 4. The Morgan fingerprint density at radius 3 is 2.65 bits per heavy atom. The molecule has 1 saturated heterocycles. The van der Waals surface area contributed by atoms with Crippen LogP contribution in [0.4, 0.5) is 11.8 Å². The lowest BCUT2D eigenvalue weighted by Gasteiger charge is -2.28. The van der Waals surface area contributed by atoms with Gasteiger partial charge in [-0.25, -0.2) is 13.4 Å². The standard InChI is InChI=1S/C15H27N5O2S/c1-5-20(13-6-9-23(21,22)11-13)14-10-12(2)17-15(18-14)16-7-8-19(3)4/h10,13H,5-9,11H2,1-4H3,(H,16,17,18). The molecule has 1 aromatic heterocycles. The molecule has 1 fully saturated rings. The first-order valence-electron chi connectivity index (χ1n) is 8.02. The Labute approximate surface area is 139 Å². The van der Waals surface area contributed by atoms with Crippen molar-refractivity contribution in [3.63, 3.8) is 0 Å². The molecule has 0 aromatic carbocycles. The zero-order valence-corrected chi connectivity index (χ0v) is 15.2. The molecule has 2 rings (SSSR count). The second-order valence-electron chi connectivity index (χ2n) is 6.26. The first-order chi connectivity index (χ1) is 10.8. The second kappa shape index (κ2) is 7.44. The van der Waals surface area contributed by atoms with Gasteiger partial charge in [-0.1, -0.05) is 0 Å². The quantitative estimate of drug-likeness (QED) is 0.785. The highest BCUT2D eigenvalue weighted by atomic mass is 32.2. The molecule has 1 aromatic rings. The first kappa shape index (κ1) is 17.9. The van der Waals surface area contributed by atoms with Crippen LogP contribution in [0.5, 0.6) is 0 Å². The molecule has 0 saturated carbocycles. The van der Waals surface area contributed by atoms with E-state index in [2.05, 4.69) is 25.1 Å². The molecule has 2 heterocycles. The lowest BCUT2D eigenvalue weighted by atomic mass is 10.2. The Bertz CT molecular complexity index is 633. The van der Waals surface area contributed by atoms with Crippen molar-refractivity contribution in [1.82, 2.24) is 14.9 Å². The van der Waals surface area contributed by atoms with Gasteiger partial charge in [0.1, 0.15) is 5.82 Å². The van der Waals surface area contributed by atoms with Crippen molar-refractivity contribution < 1.29 is 8.42 Å². The Morgan fingerprint density at radius 2 is 2.09 bits per heavy atom. The van der Waals surface area contributed by atoms with Gasteiger partial charge in [0.2, 0.25) is 5.95 Å². The van der Waals surface area contributed by atoms with Gasteiger partial charge >= 0.3 is 0 Å². The zero-order valence-electron chi connectivity index (χ0n) is 14.4. The van der Waals surface area contributed by atoms with E-state index in [0.717, 1.165) is 31.1 Å². The average molecular weight is 341 g/mol. The summed E-state index contributed by atoms with van der Waals surface area (Å²) in [7, 11) is 1.13. The molecular formula is C15H27N5O2S. The van der Waals surface area contributed by atoms with E-state index >= 15 is 0 Å². The van der Waals surface area contributed by atoms with Crippen molar-refractivity contribution in [2.75, 3.05) is 55.5 Å². The number of aryl methyl sites for hydroxylation is 1. The monoisotopic (exact) mass is 341 g/mol. The molecule has 0 aliphatic carbocycles. The number of sulfone groups is 1. The molecule has 1 aliphatic rings. The van der Waals surface area contributed by atoms with Crippen LogP contribution in [-0.2, 0) is 9.84 Å². The number of likely N-dealkylation sites (N-methyl/N-ethyl adjacent to an activating group) is 1. The molecule has 1 N–H and O–H groups in total. The summed E-state index contributed by atoms with van der Waals surface area (Å²) in [5.74, 6) is 1.88. The number of anilines is 2. The first-order valence-corrected chi connectivity index (χ1v) is 9.84. The molecule has 0 radical (unpaired) electrons. The summed E-state index contributed by atoms with van der Waals surface area (Å²) in [6.45, 7) is 6.35. The number of nitrogens with one attached hydrogen (secondary N) is 1. The van der Waals surface area contributed by atoms with Gasteiger partial charge < -0.3 is 15.1 Å². The molecule has 0 bridgehead atoms. The third kappa shape index (κ3) is 5.04. The fraction of sp³-hybridized carbons (Fsp3) is 0.733. The fourth-order valence-corrected chi connectivity index (χ4v) is 4.53. The Hall–Kier alpha value is -1.41. The summed E-state index contributed by atoms with van der Waals surface area (Å²) in [6.07, 6.45) is 0.669. The van der Waals surface area contributed by atoms with Gasteiger partial charge in [-0.15, -0.1) is 0 Å². The Balaban J connectivity index is 2.15. The van der Waals surface area contributed by atoms with Gasteiger partial charge in [-0.2, -0.15) is 4.98 Å². The van der Waals surface area contributed by atoms with E-state index in [1.807, 2.05) is 34.0 Å². The summed E-state index contributed by atoms with van der Waals surface area (Å²) in [6, 6.07) is 1.93. The van der Waals surface area contributed by atoms with Crippen molar-refractivity contribution in [2.24, 2.45) is 0 Å².